The first kappa shape index (κ1) is 14.3. The summed E-state index contributed by atoms with van der Waals surface area (Å²) in [5.41, 5.74) is 2.35. The maximum Gasteiger partial charge on any atom is 0.304 e. The lowest BCUT2D eigenvalue weighted by molar-refractivity contribution is -0.137. The zero-order valence-electron chi connectivity index (χ0n) is 11.2. The quantitative estimate of drug-likeness (QED) is 0.895. The van der Waals surface area contributed by atoms with Gasteiger partial charge in [0.15, 0.2) is 0 Å². The molecule has 1 aromatic carbocycles. The van der Waals surface area contributed by atoms with E-state index in [1.165, 1.54) is 5.56 Å². The van der Waals surface area contributed by atoms with Gasteiger partial charge in [-0.25, -0.2) is 0 Å². The van der Waals surface area contributed by atoms with Crippen LogP contribution < -0.4 is 10.2 Å². The fraction of sp³-hybridized carbons (Fsp3) is 0.500. The molecule has 1 aromatic rings. The van der Waals surface area contributed by atoms with Crippen LogP contribution in [0.1, 0.15) is 18.9 Å². The lowest BCUT2D eigenvalue weighted by atomic mass is 10.1. The van der Waals surface area contributed by atoms with Crippen LogP contribution in [0.25, 0.3) is 0 Å². The predicted molar refractivity (Wildman–Crippen MR) is 79.7 cm³/mol. The van der Waals surface area contributed by atoms with Gasteiger partial charge in [-0.3, -0.25) is 4.79 Å². The smallest absolute Gasteiger partial charge is 0.304 e. The molecular weight excluding hydrogens is 308 g/mol. The number of anilines is 1. The first-order valence-electron chi connectivity index (χ1n) is 6.45. The van der Waals surface area contributed by atoms with E-state index in [1.807, 2.05) is 6.07 Å². The minimum Gasteiger partial charge on any atom is -0.481 e. The molecule has 0 saturated carbocycles. The molecule has 2 N–H and O–H groups in total. The van der Waals surface area contributed by atoms with Crippen molar-refractivity contribution in [3.05, 3.63) is 28.2 Å². The van der Waals surface area contributed by atoms with Crippen LogP contribution in [0.3, 0.4) is 0 Å². The van der Waals surface area contributed by atoms with E-state index in [4.69, 9.17) is 5.11 Å². The molecule has 0 aromatic heterocycles. The summed E-state index contributed by atoms with van der Waals surface area (Å²) in [5.74, 6) is -0.751. The summed E-state index contributed by atoms with van der Waals surface area (Å²) in [4.78, 5) is 13.1. The van der Waals surface area contributed by atoms with Gasteiger partial charge in [0.2, 0.25) is 0 Å². The number of aryl methyl sites for hydroxylation is 1. The van der Waals surface area contributed by atoms with Gasteiger partial charge in [0.1, 0.15) is 0 Å². The van der Waals surface area contributed by atoms with Gasteiger partial charge in [-0.15, -0.1) is 0 Å². The molecule has 1 fully saturated rings. The molecule has 1 aliphatic heterocycles. The number of hydrogen-bond acceptors (Lipinski definition) is 3. The van der Waals surface area contributed by atoms with Gasteiger partial charge in [-0.1, -0.05) is 15.9 Å². The second kappa shape index (κ2) is 5.92. The topological polar surface area (TPSA) is 52.6 Å². The summed E-state index contributed by atoms with van der Waals surface area (Å²) < 4.78 is 1.10. The summed E-state index contributed by atoms with van der Waals surface area (Å²) in [6, 6.07) is 6.65. The highest BCUT2D eigenvalue weighted by Gasteiger charge is 2.26. The third kappa shape index (κ3) is 3.48. The average Bonchev–Trinajstić information content (AvgIpc) is 2.34. The molecule has 1 aliphatic rings. The molecule has 0 amide bonds. The van der Waals surface area contributed by atoms with E-state index in [0.29, 0.717) is 6.04 Å². The highest BCUT2D eigenvalue weighted by Crippen LogP contribution is 2.25. The fourth-order valence-electron chi connectivity index (χ4n) is 2.44. The van der Waals surface area contributed by atoms with Crippen molar-refractivity contribution in [2.45, 2.75) is 32.4 Å². The molecule has 0 radical (unpaired) electrons. The third-order valence-corrected chi connectivity index (χ3v) is 4.44. The number of hydrogen-bond donors (Lipinski definition) is 2. The van der Waals surface area contributed by atoms with E-state index in [2.05, 4.69) is 52.1 Å². The number of carboxylic acids is 1. The highest BCUT2D eigenvalue weighted by atomic mass is 79.9. The second-order valence-electron chi connectivity index (χ2n) is 5.14. The summed E-state index contributed by atoms with van der Waals surface area (Å²) in [7, 11) is 0. The summed E-state index contributed by atoms with van der Waals surface area (Å²) in [6.45, 7) is 5.76. The van der Waals surface area contributed by atoms with Gasteiger partial charge in [0.25, 0.3) is 0 Å². The van der Waals surface area contributed by atoms with Crippen molar-refractivity contribution in [3.63, 3.8) is 0 Å². The van der Waals surface area contributed by atoms with E-state index in [0.717, 1.165) is 23.2 Å². The lowest BCUT2D eigenvalue weighted by Crippen LogP contribution is -2.56. The minimum absolute atomic E-state index is 0.0117. The standard InChI is InChI=1S/C14H19BrN2O2/c1-9-5-12(3-4-13(9)15)17-8-11(6-14(18)19)16-7-10(17)2/h3-5,10-11,16H,6-8H2,1-2H3,(H,18,19). The predicted octanol–water partition coefficient (Wildman–Crippen LogP) is 2.40. The van der Waals surface area contributed by atoms with Gasteiger partial charge >= 0.3 is 5.97 Å². The number of carboxylic acid groups (broad SMARTS) is 1. The first-order valence-corrected chi connectivity index (χ1v) is 7.24. The van der Waals surface area contributed by atoms with Crippen molar-refractivity contribution in [2.75, 3.05) is 18.0 Å². The highest BCUT2D eigenvalue weighted by molar-refractivity contribution is 9.10. The molecule has 1 heterocycles. The van der Waals surface area contributed by atoms with Gasteiger partial charge in [0.05, 0.1) is 6.42 Å². The molecule has 0 spiro atoms. The van der Waals surface area contributed by atoms with Gasteiger partial charge < -0.3 is 15.3 Å². The Morgan fingerprint density at radius 2 is 2.32 bits per heavy atom. The molecule has 2 atom stereocenters. The maximum atomic E-state index is 10.8. The molecular formula is C14H19BrN2O2. The second-order valence-corrected chi connectivity index (χ2v) is 5.99. The average molecular weight is 327 g/mol. The Morgan fingerprint density at radius 3 is 2.95 bits per heavy atom. The van der Waals surface area contributed by atoms with Crippen molar-refractivity contribution >= 4 is 27.6 Å². The van der Waals surface area contributed by atoms with E-state index in [-0.39, 0.29) is 12.5 Å². The van der Waals surface area contributed by atoms with Crippen LogP contribution in [-0.4, -0.2) is 36.2 Å². The van der Waals surface area contributed by atoms with Gasteiger partial charge in [-0.2, -0.15) is 0 Å². The third-order valence-electron chi connectivity index (χ3n) is 3.55. The number of nitrogens with one attached hydrogen (secondary N) is 1. The fourth-order valence-corrected chi connectivity index (χ4v) is 2.69. The molecule has 2 rings (SSSR count). The zero-order chi connectivity index (χ0) is 14.0. The number of rotatable bonds is 3. The molecule has 104 valence electrons. The Labute approximate surface area is 121 Å². The number of benzene rings is 1. The number of aliphatic carboxylic acids is 1. The monoisotopic (exact) mass is 326 g/mol. The number of nitrogens with zero attached hydrogens (tertiary/aromatic N) is 1. The number of carbonyl (C=O) groups is 1. The number of halogens is 1. The Balaban J connectivity index is 2.16. The first-order chi connectivity index (χ1) is 8.97. The van der Waals surface area contributed by atoms with Crippen molar-refractivity contribution in [3.8, 4) is 0 Å². The molecule has 5 heteroatoms. The SMILES string of the molecule is Cc1cc(N2CC(CC(=O)O)NCC2C)ccc1Br. The summed E-state index contributed by atoms with van der Waals surface area (Å²) in [6.07, 6.45) is 0.165. The van der Waals surface area contributed by atoms with Crippen molar-refractivity contribution in [1.82, 2.24) is 5.32 Å². The van der Waals surface area contributed by atoms with Crippen molar-refractivity contribution < 1.29 is 9.90 Å². The molecule has 1 saturated heterocycles. The minimum atomic E-state index is -0.751. The van der Waals surface area contributed by atoms with Crippen molar-refractivity contribution in [2.24, 2.45) is 0 Å². The zero-order valence-corrected chi connectivity index (χ0v) is 12.8. The van der Waals surface area contributed by atoms with Crippen LogP contribution in [0.4, 0.5) is 5.69 Å². The Kier molecular flexibility index (Phi) is 4.47. The molecule has 0 aliphatic carbocycles. The number of piperazine rings is 1. The van der Waals surface area contributed by atoms with Crippen LogP contribution >= 0.6 is 15.9 Å². The van der Waals surface area contributed by atoms with Crippen LogP contribution in [-0.2, 0) is 4.79 Å². The maximum absolute atomic E-state index is 10.8. The molecule has 19 heavy (non-hydrogen) atoms. The van der Waals surface area contributed by atoms with Gasteiger partial charge in [-0.05, 0) is 37.6 Å². The van der Waals surface area contributed by atoms with Crippen LogP contribution in [0, 0.1) is 6.92 Å². The largest absolute Gasteiger partial charge is 0.481 e. The Bertz CT molecular complexity index is 479. The van der Waals surface area contributed by atoms with E-state index >= 15 is 0 Å². The Morgan fingerprint density at radius 1 is 1.58 bits per heavy atom. The Hall–Kier alpha value is -1.07. The molecule has 0 bridgehead atoms. The summed E-state index contributed by atoms with van der Waals surface area (Å²) >= 11 is 3.50. The normalized spacial score (nSPS) is 23.4. The van der Waals surface area contributed by atoms with Crippen LogP contribution in [0.15, 0.2) is 22.7 Å². The van der Waals surface area contributed by atoms with E-state index in [1.54, 1.807) is 0 Å². The van der Waals surface area contributed by atoms with Crippen molar-refractivity contribution in [1.29, 1.82) is 0 Å². The van der Waals surface area contributed by atoms with E-state index in [9.17, 15) is 4.79 Å². The van der Waals surface area contributed by atoms with Crippen LogP contribution in [0.2, 0.25) is 0 Å². The van der Waals surface area contributed by atoms with E-state index < -0.39 is 5.97 Å². The molecule has 4 nitrogen and oxygen atoms in total. The lowest BCUT2D eigenvalue weighted by Gasteiger charge is -2.40. The van der Waals surface area contributed by atoms with Crippen LogP contribution in [0.5, 0.6) is 0 Å². The van der Waals surface area contributed by atoms with Gasteiger partial charge in [0, 0.05) is 35.3 Å². The summed E-state index contributed by atoms with van der Waals surface area (Å²) in [5, 5.41) is 12.2. The molecule has 2 unspecified atom stereocenters.